The van der Waals surface area contributed by atoms with Crippen molar-refractivity contribution < 1.29 is 9.90 Å². The van der Waals surface area contributed by atoms with Crippen LogP contribution in [-0.4, -0.2) is 22.9 Å². The van der Waals surface area contributed by atoms with Crippen LogP contribution in [0.5, 0.6) is 0 Å². The molecule has 2 nitrogen and oxygen atoms in total. The molecule has 1 fully saturated rings. The van der Waals surface area contributed by atoms with Crippen LogP contribution in [0.2, 0.25) is 0 Å². The van der Waals surface area contributed by atoms with Gasteiger partial charge in [-0.25, -0.2) is 0 Å². The van der Waals surface area contributed by atoms with Crippen molar-refractivity contribution in [1.29, 1.82) is 0 Å². The fourth-order valence-electron chi connectivity index (χ4n) is 1.66. The number of aliphatic carboxylic acids is 1. The van der Waals surface area contributed by atoms with Crippen LogP contribution < -0.4 is 0 Å². The number of carboxylic acids is 1. The predicted molar refractivity (Wildman–Crippen MR) is 50.8 cm³/mol. The minimum atomic E-state index is -0.593. The molecule has 1 aliphatic carbocycles. The molecule has 2 unspecified atom stereocenters. The molecule has 0 aliphatic heterocycles. The van der Waals surface area contributed by atoms with Gasteiger partial charge in [0.2, 0.25) is 0 Å². The second kappa shape index (κ2) is 4.81. The van der Waals surface area contributed by atoms with E-state index in [-0.39, 0.29) is 5.92 Å². The fourth-order valence-corrected chi connectivity index (χ4v) is 3.02. The maximum atomic E-state index is 10.6. The standard InChI is InChI=1S/C9H16O2P/c1-2-5-12-8-4-3-7(6-8)9(10)11/h7-8H,2-6H2,1H3,(H,10,11). The Balaban J connectivity index is 2.21. The van der Waals surface area contributed by atoms with E-state index in [1.54, 1.807) is 0 Å². The van der Waals surface area contributed by atoms with Crippen LogP contribution >= 0.6 is 8.58 Å². The van der Waals surface area contributed by atoms with Crippen LogP contribution in [0.15, 0.2) is 0 Å². The molecule has 1 N–H and O–H groups in total. The Morgan fingerprint density at radius 3 is 2.83 bits per heavy atom. The van der Waals surface area contributed by atoms with Gasteiger partial charge in [0.25, 0.3) is 0 Å². The normalized spacial score (nSPS) is 30.1. The molecule has 69 valence electrons. The van der Waals surface area contributed by atoms with Gasteiger partial charge in [-0.3, -0.25) is 4.79 Å². The molecule has 0 saturated heterocycles. The van der Waals surface area contributed by atoms with Crippen molar-refractivity contribution in [1.82, 2.24) is 0 Å². The summed E-state index contributed by atoms with van der Waals surface area (Å²) in [5, 5.41) is 8.75. The highest BCUT2D eigenvalue weighted by molar-refractivity contribution is 7.38. The number of hydrogen-bond donors (Lipinski definition) is 1. The quantitative estimate of drug-likeness (QED) is 0.687. The zero-order chi connectivity index (χ0) is 8.97. The third-order valence-electron chi connectivity index (χ3n) is 2.37. The Labute approximate surface area is 75.5 Å². The predicted octanol–water partition coefficient (Wildman–Crippen LogP) is 2.60. The molecule has 1 radical (unpaired) electrons. The lowest BCUT2D eigenvalue weighted by atomic mass is 10.1. The monoisotopic (exact) mass is 187 g/mol. The van der Waals surface area contributed by atoms with Crippen LogP contribution in [0.1, 0.15) is 32.6 Å². The summed E-state index contributed by atoms with van der Waals surface area (Å²) in [6.45, 7) is 2.18. The van der Waals surface area contributed by atoms with E-state index in [1.807, 2.05) is 0 Å². The largest absolute Gasteiger partial charge is 0.481 e. The van der Waals surface area contributed by atoms with Gasteiger partial charge in [-0.15, -0.1) is 0 Å². The van der Waals surface area contributed by atoms with Gasteiger partial charge in [-0.1, -0.05) is 21.9 Å². The van der Waals surface area contributed by atoms with E-state index in [0.29, 0.717) is 5.66 Å². The SMILES string of the molecule is CCC[P]C1CCC(C(=O)O)C1. The molecule has 0 aromatic carbocycles. The smallest absolute Gasteiger partial charge is 0.306 e. The zero-order valence-corrected chi connectivity index (χ0v) is 8.39. The number of carboxylic acid groups (broad SMARTS) is 1. The Kier molecular flexibility index (Phi) is 4.00. The maximum absolute atomic E-state index is 10.6. The molecule has 1 saturated carbocycles. The van der Waals surface area contributed by atoms with E-state index in [9.17, 15) is 4.79 Å². The van der Waals surface area contributed by atoms with Crippen LogP contribution in [0.25, 0.3) is 0 Å². The molecule has 0 aromatic heterocycles. The molecular weight excluding hydrogens is 171 g/mol. The average Bonchev–Trinajstić information content (AvgIpc) is 2.48. The van der Waals surface area contributed by atoms with Gasteiger partial charge in [-0.2, -0.15) is 0 Å². The molecule has 2 atom stereocenters. The van der Waals surface area contributed by atoms with E-state index in [1.165, 1.54) is 21.2 Å². The van der Waals surface area contributed by atoms with Gasteiger partial charge in [0.15, 0.2) is 0 Å². The molecule has 0 bridgehead atoms. The number of carbonyl (C=O) groups is 1. The molecular formula is C9H16O2P. The minimum Gasteiger partial charge on any atom is -0.481 e. The van der Waals surface area contributed by atoms with Crippen LogP contribution in [0.3, 0.4) is 0 Å². The molecule has 0 amide bonds. The van der Waals surface area contributed by atoms with E-state index in [0.717, 1.165) is 19.3 Å². The fraction of sp³-hybridized carbons (Fsp3) is 0.889. The topological polar surface area (TPSA) is 37.3 Å². The summed E-state index contributed by atoms with van der Waals surface area (Å²) in [6.07, 6.45) is 5.39. The van der Waals surface area contributed by atoms with Crippen LogP contribution in [0.4, 0.5) is 0 Å². The maximum Gasteiger partial charge on any atom is 0.306 e. The van der Waals surface area contributed by atoms with Gasteiger partial charge < -0.3 is 5.11 Å². The lowest BCUT2D eigenvalue weighted by molar-refractivity contribution is -0.141. The molecule has 1 aliphatic rings. The van der Waals surface area contributed by atoms with E-state index < -0.39 is 5.97 Å². The van der Waals surface area contributed by atoms with Crippen molar-refractivity contribution in [2.24, 2.45) is 5.92 Å². The highest BCUT2D eigenvalue weighted by Crippen LogP contribution is 2.37. The third kappa shape index (κ3) is 2.75. The van der Waals surface area contributed by atoms with Gasteiger partial charge in [0, 0.05) is 0 Å². The van der Waals surface area contributed by atoms with Crippen molar-refractivity contribution in [3.63, 3.8) is 0 Å². The second-order valence-electron chi connectivity index (χ2n) is 3.41. The first-order chi connectivity index (χ1) is 5.74. The molecule has 0 spiro atoms. The Bertz CT molecular complexity index is 159. The van der Waals surface area contributed by atoms with Crippen molar-refractivity contribution in [3.8, 4) is 0 Å². The van der Waals surface area contributed by atoms with E-state index in [2.05, 4.69) is 6.92 Å². The summed E-state index contributed by atoms with van der Waals surface area (Å²) in [5.41, 5.74) is 0.672. The van der Waals surface area contributed by atoms with E-state index >= 15 is 0 Å². The first kappa shape index (κ1) is 9.98. The van der Waals surface area contributed by atoms with Gasteiger partial charge >= 0.3 is 5.97 Å². The van der Waals surface area contributed by atoms with Crippen molar-refractivity contribution in [2.45, 2.75) is 38.3 Å². The van der Waals surface area contributed by atoms with Gasteiger partial charge in [-0.05, 0) is 31.1 Å². The summed E-state index contributed by atoms with van der Waals surface area (Å²) in [7, 11) is 1.47. The van der Waals surface area contributed by atoms with Gasteiger partial charge in [0.05, 0.1) is 5.92 Å². The Morgan fingerprint density at radius 1 is 1.58 bits per heavy atom. The molecule has 0 aromatic rings. The zero-order valence-electron chi connectivity index (χ0n) is 7.49. The van der Waals surface area contributed by atoms with E-state index in [4.69, 9.17) is 5.11 Å². The number of hydrogen-bond acceptors (Lipinski definition) is 1. The van der Waals surface area contributed by atoms with Crippen molar-refractivity contribution in [3.05, 3.63) is 0 Å². The van der Waals surface area contributed by atoms with Crippen molar-refractivity contribution >= 4 is 14.6 Å². The lowest BCUT2D eigenvalue weighted by Crippen LogP contribution is -2.09. The third-order valence-corrected chi connectivity index (χ3v) is 4.06. The highest BCUT2D eigenvalue weighted by Gasteiger charge is 2.29. The number of rotatable bonds is 4. The molecule has 12 heavy (non-hydrogen) atoms. The summed E-state index contributed by atoms with van der Waals surface area (Å²) in [4.78, 5) is 10.6. The lowest BCUT2D eigenvalue weighted by Gasteiger charge is -2.06. The molecule has 0 heterocycles. The van der Waals surface area contributed by atoms with Crippen molar-refractivity contribution in [2.75, 3.05) is 6.16 Å². The molecule has 3 heteroatoms. The Morgan fingerprint density at radius 2 is 2.33 bits per heavy atom. The summed E-state index contributed by atoms with van der Waals surface area (Å²) in [6, 6.07) is 0. The van der Waals surface area contributed by atoms with Crippen LogP contribution in [-0.2, 0) is 4.79 Å². The minimum absolute atomic E-state index is 0.0423. The average molecular weight is 187 g/mol. The Hall–Kier alpha value is -0.100. The summed E-state index contributed by atoms with van der Waals surface area (Å²) in [5.74, 6) is -0.636. The first-order valence-electron chi connectivity index (χ1n) is 4.63. The summed E-state index contributed by atoms with van der Waals surface area (Å²) >= 11 is 0. The first-order valence-corrected chi connectivity index (χ1v) is 5.78. The van der Waals surface area contributed by atoms with Gasteiger partial charge in [0.1, 0.15) is 0 Å². The second-order valence-corrected chi connectivity index (χ2v) is 4.95. The highest BCUT2D eigenvalue weighted by atomic mass is 31.1. The molecule has 1 rings (SSSR count). The summed E-state index contributed by atoms with van der Waals surface area (Å²) < 4.78 is 0. The van der Waals surface area contributed by atoms with Crippen LogP contribution in [0, 0.1) is 5.92 Å².